The van der Waals surface area contributed by atoms with Crippen molar-refractivity contribution in [3.05, 3.63) is 58.1 Å². The fourth-order valence-corrected chi connectivity index (χ4v) is 3.97. The molecule has 1 aliphatic heterocycles. The molecular weight excluding hydrogens is 445 g/mol. The maximum Gasteiger partial charge on any atom is 0.247 e. The zero-order chi connectivity index (χ0) is 21.8. The number of amidine groups is 1. The summed E-state index contributed by atoms with van der Waals surface area (Å²) in [5, 5.41) is 7.90. The van der Waals surface area contributed by atoms with E-state index < -0.39 is 11.2 Å². The molecule has 2 N–H and O–H groups in total. The number of halogens is 2. The van der Waals surface area contributed by atoms with Crippen LogP contribution < -0.4 is 15.5 Å². The van der Waals surface area contributed by atoms with Crippen LogP contribution in [0, 0.1) is 0 Å². The lowest BCUT2D eigenvalue weighted by molar-refractivity contribution is -0.121. The molecular formula is C20H19Cl2N5O2S. The van der Waals surface area contributed by atoms with E-state index in [1.807, 2.05) is 43.3 Å². The van der Waals surface area contributed by atoms with Crippen molar-refractivity contribution in [3.63, 3.8) is 0 Å². The largest absolute Gasteiger partial charge is 0.378 e. The molecule has 2 aromatic rings. The third-order valence-electron chi connectivity index (χ3n) is 4.29. The molecule has 1 atom stereocenters. The lowest BCUT2D eigenvalue weighted by Crippen LogP contribution is -2.32. The Morgan fingerprint density at radius 3 is 2.57 bits per heavy atom. The summed E-state index contributed by atoms with van der Waals surface area (Å²) in [5.41, 5.74) is 8.08. The Balaban J connectivity index is 1.66. The van der Waals surface area contributed by atoms with Gasteiger partial charge < -0.3 is 10.6 Å². The minimum absolute atomic E-state index is 0.0156. The number of nitrogens with zero attached hydrogens (tertiary/aromatic N) is 4. The van der Waals surface area contributed by atoms with E-state index in [9.17, 15) is 9.59 Å². The van der Waals surface area contributed by atoms with Crippen molar-refractivity contribution in [2.75, 3.05) is 23.9 Å². The molecule has 0 aromatic heterocycles. The van der Waals surface area contributed by atoms with Gasteiger partial charge in [0, 0.05) is 31.2 Å². The van der Waals surface area contributed by atoms with Crippen LogP contribution in [0.3, 0.4) is 0 Å². The summed E-state index contributed by atoms with van der Waals surface area (Å²) in [6.45, 7) is 0. The van der Waals surface area contributed by atoms with Gasteiger partial charge in [-0.15, -0.1) is 5.10 Å². The molecule has 10 heteroatoms. The van der Waals surface area contributed by atoms with Crippen LogP contribution in [0.25, 0.3) is 0 Å². The van der Waals surface area contributed by atoms with Gasteiger partial charge in [-0.1, -0.05) is 47.1 Å². The molecule has 0 spiro atoms. The maximum atomic E-state index is 12.7. The van der Waals surface area contributed by atoms with Gasteiger partial charge in [-0.25, -0.2) is 4.90 Å². The predicted octanol–water partition coefficient (Wildman–Crippen LogP) is 3.77. The van der Waals surface area contributed by atoms with Gasteiger partial charge in [-0.3, -0.25) is 9.59 Å². The van der Waals surface area contributed by atoms with Gasteiger partial charge in [0.2, 0.25) is 11.8 Å². The molecule has 0 saturated carbocycles. The number of thioether (sulfide) groups is 1. The molecule has 3 rings (SSSR count). The SMILES string of the molecule is CN(C)c1ccc(C=NN=C(N)S[C@H]2CC(=O)N(c3cc(Cl)ccc3Cl)C2=O)cc1. The van der Waals surface area contributed by atoms with Gasteiger partial charge in [0.1, 0.15) is 5.25 Å². The monoisotopic (exact) mass is 463 g/mol. The molecule has 1 saturated heterocycles. The van der Waals surface area contributed by atoms with E-state index in [0.717, 1.165) is 27.9 Å². The summed E-state index contributed by atoms with van der Waals surface area (Å²) in [6.07, 6.45) is 1.55. The molecule has 0 aliphatic carbocycles. The number of amides is 2. The summed E-state index contributed by atoms with van der Waals surface area (Å²) in [7, 11) is 3.92. The first kappa shape index (κ1) is 22.1. The molecule has 0 bridgehead atoms. The van der Waals surface area contributed by atoms with Gasteiger partial charge in [0.15, 0.2) is 5.17 Å². The maximum absolute atomic E-state index is 12.7. The van der Waals surface area contributed by atoms with Crippen LogP contribution in [-0.4, -0.2) is 42.5 Å². The second kappa shape index (κ2) is 9.51. The molecule has 30 heavy (non-hydrogen) atoms. The standard InChI is InChI=1S/C20H19Cl2N5O2S/c1-26(2)14-6-3-12(4-7-14)11-24-25-20(23)30-17-10-18(28)27(19(17)29)16-9-13(21)5-8-15(16)22/h3-9,11,17H,10H2,1-2H3,(H2,23,25)/t17-/m0/s1. The molecule has 1 heterocycles. The average Bonchev–Trinajstić information content (AvgIpc) is 2.97. The molecule has 2 amide bonds. The van der Waals surface area contributed by atoms with Crippen molar-refractivity contribution in [2.24, 2.45) is 15.9 Å². The number of nitrogens with two attached hydrogens (primary N) is 1. The van der Waals surface area contributed by atoms with E-state index in [-0.39, 0.29) is 28.2 Å². The van der Waals surface area contributed by atoms with Gasteiger partial charge in [0.25, 0.3) is 0 Å². The van der Waals surface area contributed by atoms with Crippen molar-refractivity contribution in [3.8, 4) is 0 Å². The Morgan fingerprint density at radius 2 is 1.90 bits per heavy atom. The van der Waals surface area contributed by atoms with Crippen LogP contribution >= 0.6 is 35.0 Å². The van der Waals surface area contributed by atoms with Crippen molar-refractivity contribution in [1.29, 1.82) is 0 Å². The molecule has 0 unspecified atom stereocenters. The number of carbonyl (C=O) groups excluding carboxylic acids is 2. The normalized spacial score (nSPS) is 17.3. The minimum Gasteiger partial charge on any atom is -0.378 e. The predicted molar refractivity (Wildman–Crippen MR) is 125 cm³/mol. The lowest BCUT2D eigenvalue weighted by Gasteiger charge is -2.16. The smallest absolute Gasteiger partial charge is 0.247 e. The van der Waals surface area contributed by atoms with Gasteiger partial charge in [-0.05, 0) is 35.9 Å². The van der Waals surface area contributed by atoms with Crippen LogP contribution in [0.15, 0.2) is 52.7 Å². The Bertz CT molecular complexity index is 1020. The van der Waals surface area contributed by atoms with Crippen LogP contribution in [-0.2, 0) is 9.59 Å². The molecule has 1 fully saturated rings. The first-order valence-corrected chi connectivity index (χ1v) is 10.5. The number of rotatable bonds is 5. The number of hydrogen-bond acceptors (Lipinski definition) is 6. The molecule has 2 aromatic carbocycles. The first-order chi connectivity index (χ1) is 14.3. The first-order valence-electron chi connectivity index (χ1n) is 8.88. The van der Waals surface area contributed by atoms with Gasteiger partial charge in [0.05, 0.1) is 16.9 Å². The van der Waals surface area contributed by atoms with Crippen LogP contribution in [0.1, 0.15) is 12.0 Å². The van der Waals surface area contributed by atoms with Crippen molar-refractivity contribution in [1.82, 2.24) is 0 Å². The van der Waals surface area contributed by atoms with E-state index in [2.05, 4.69) is 10.2 Å². The van der Waals surface area contributed by atoms with Gasteiger partial charge in [-0.2, -0.15) is 5.10 Å². The molecule has 0 radical (unpaired) electrons. The zero-order valence-corrected chi connectivity index (χ0v) is 18.6. The van der Waals surface area contributed by atoms with Crippen LogP contribution in [0.2, 0.25) is 10.0 Å². The van der Waals surface area contributed by atoms with E-state index in [4.69, 9.17) is 28.9 Å². The number of imide groups is 1. The fourth-order valence-electron chi connectivity index (χ4n) is 2.79. The summed E-state index contributed by atoms with van der Waals surface area (Å²) < 4.78 is 0. The Labute approximate surface area is 188 Å². The quantitative estimate of drug-likeness (QED) is 0.315. The van der Waals surface area contributed by atoms with E-state index in [1.165, 1.54) is 12.1 Å². The van der Waals surface area contributed by atoms with Crippen LogP contribution in [0.4, 0.5) is 11.4 Å². The van der Waals surface area contributed by atoms with Gasteiger partial charge >= 0.3 is 0 Å². The fraction of sp³-hybridized carbons (Fsp3) is 0.200. The van der Waals surface area contributed by atoms with E-state index >= 15 is 0 Å². The Hall–Kier alpha value is -2.55. The van der Waals surface area contributed by atoms with Crippen molar-refractivity contribution in [2.45, 2.75) is 11.7 Å². The number of hydrogen-bond donors (Lipinski definition) is 1. The van der Waals surface area contributed by atoms with Crippen molar-refractivity contribution >= 4 is 69.5 Å². The van der Waals surface area contributed by atoms with E-state index in [0.29, 0.717) is 5.02 Å². The third kappa shape index (κ3) is 5.13. The lowest BCUT2D eigenvalue weighted by atomic mass is 10.2. The number of carbonyl (C=O) groups is 2. The minimum atomic E-state index is -0.703. The summed E-state index contributed by atoms with van der Waals surface area (Å²) in [5.74, 6) is -0.797. The molecule has 156 valence electrons. The highest BCUT2D eigenvalue weighted by molar-refractivity contribution is 8.14. The number of benzene rings is 2. The summed E-state index contributed by atoms with van der Waals surface area (Å²) in [4.78, 5) is 28.1. The topological polar surface area (TPSA) is 91.4 Å². The molecule has 7 nitrogen and oxygen atoms in total. The van der Waals surface area contributed by atoms with Crippen molar-refractivity contribution < 1.29 is 9.59 Å². The Kier molecular flexibility index (Phi) is 7.02. The average molecular weight is 464 g/mol. The summed E-state index contributed by atoms with van der Waals surface area (Å²) in [6, 6.07) is 12.3. The Morgan fingerprint density at radius 1 is 1.20 bits per heavy atom. The highest BCUT2D eigenvalue weighted by Gasteiger charge is 2.41. The highest BCUT2D eigenvalue weighted by atomic mass is 35.5. The van der Waals surface area contributed by atoms with Crippen LogP contribution in [0.5, 0.6) is 0 Å². The molecule has 1 aliphatic rings. The highest BCUT2D eigenvalue weighted by Crippen LogP contribution is 2.35. The zero-order valence-electron chi connectivity index (χ0n) is 16.3. The summed E-state index contributed by atoms with van der Waals surface area (Å²) >= 11 is 13.1. The second-order valence-corrected chi connectivity index (χ2v) is 8.71. The third-order valence-corrected chi connectivity index (χ3v) is 5.82. The number of anilines is 2. The van der Waals surface area contributed by atoms with E-state index in [1.54, 1.807) is 12.3 Å². The second-order valence-electron chi connectivity index (χ2n) is 6.64.